The van der Waals surface area contributed by atoms with Crippen molar-refractivity contribution < 1.29 is 0 Å². The second-order valence-electron chi connectivity index (χ2n) is 4.32. The maximum Gasteiger partial charge on any atom is 0.143 e. The Kier molecular flexibility index (Phi) is 4.03. The van der Waals surface area contributed by atoms with Crippen LogP contribution in [0.25, 0.3) is 5.82 Å². The van der Waals surface area contributed by atoms with Crippen LogP contribution in [0, 0.1) is 0 Å². The molecule has 1 aromatic carbocycles. The summed E-state index contributed by atoms with van der Waals surface area (Å²) in [7, 11) is 0. The number of rotatable bonds is 4. The summed E-state index contributed by atoms with van der Waals surface area (Å²) in [6.07, 6.45) is 6.70. The topological polar surface area (TPSA) is 55.6 Å². The van der Waals surface area contributed by atoms with Gasteiger partial charge in [-0.05, 0) is 17.7 Å². The highest BCUT2D eigenvalue weighted by Crippen LogP contribution is 2.21. The van der Waals surface area contributed by atoms with E-state index in [1.54, 1.807) is 24.7 Å². The van der Waals surface area contributed by atoms with Gasteiger partial charge in [0.25, 0.3) is 0 Å². The van der Waals surface area contributed by atoms with Crippen molar-refractivity contribution in [1.29, 1.82) is 0 Å². The molecule has 2 heterocycles. The van der Waals surface area contributed by atoms with E-state index in [1.807, 2.05) is 22.9 Å². The maximum atomic E-state index is 6.14. The molecule has 5 nitrogen and oxygen atoms in total. The Balaban J connectivity index is 1.75. The molecule has 0 aliphatic carbocycles. The quantitative estimate of drug-likeness (QED) is 0.798. The van der Waals surface area contributed by atoms with Crippen molar-refractivity contribution in [3.8, 4) is 5.82 Å². The molecule has 7 heteroatoms. The van der Waals surface area contributed by atoms with Gasteiger partial charge >= 0.3 is 0 Å². The van der Waals surface area contributed by atoms with E-state index in [0.29, 0.717) is 22.4 Å². The van der Waals surface area contributed by atoms with Gasteiger partial charge in [0.05, 0.1) is 0 Å². The lowest BCUT2D eigenvalue weighted by molar-refractivity contribution is 0.965. The molecule has 0 atom stereocenters. The second-order valence-corrected chi connectivity index (χ2v) is 5.16. The van der Waals surface area contributed by atoms with Crippen LogP contribution >= 0.6 is 23.2 Å². The van der Waals surface area contributed by atoms with E-state index in [0.717, 1.165) is 11.4 Å². The predicted octanol–water partition coefficient (Wildman–Crippen LogP) is 3.58. The number of hydrogen-bond acceptors (Lipinski definition) is 4. The van der Waals surface area contributed by atoms with Crippen molar-refractivity contribution in [2.45, 2.75) is 6.54 Å². The van der Waals surface area contributed by atoms with Crippen molar-refractivity contribution in [2.75, 3.05) is 5.32 Å². The SMILES string of the molecule is Clc1ccc(CNc2cc(-n3ccnc3)ncn2)c(Cl)c1. The largest absolute Gasteiger partial charge is 0.366 e. The van der Waals surface area contributed by atoms with Crippen molar-refractivity contribution in [2.24, 2.45) is 0 Å². The van der Waals surface area contributed by atoms with Crippen molar-refractivity contribution >= 4 is 29.0 Å². The van der Waals surface area contributed by atoms with Gasteiger partial charge in [-0.15, -0.1) is 0 Å². The molecule has 0 fully saturated rings. The summed E-state index contributed by atoms with van der Waals surface area (Å²) in [5.41, 5.74) is 0.948. The summed E-state index contributed by atoms with van der Waals surface area (Å²) < 4.78 is 1.81. The molecule has 0 radical (unpaired) electrons. The van der Waals surface area contributed by atoms with Crippen molar-refractivity contribution in [3.63, 3.8) is 0 Å². The third-order valence-corrected chi connectivity index (χ3v) is 3.48. The summed E-state index contributed by atoms with van der Waals surface area (Å²) in [6.45, 7) is 0.552. The van der Waals surface area contributed by atoms with Gasteiger partial charge in [-0.1, -0.05) is 29.3 Å². The molecule has 3 aromatic rings. The average Bonchev–Trinajstić information content (AvgIpc) is 3.01. The van der Waals surface area contributed by atoms with Crippen LogP contribution in [0.2, 0.25) is 10.0 Å². The molecule has 0 saturated heterocycles. The molecule has 0 spiro atoms. The third-order valence-electron chi connectivity index (χ3n) is 2.90. The number of nitrogens with one attached hydrogen (secondary N) is 1. The molecule has 0 aliphatic rings. The van der Waals surface area contributed by atoms with Gasteiger partial charge in [-0.3, -0.25) is 4.57 Å². The van der Waals surface area contributed by atoms with Crippen molar-refractivity contribution in [1.82, 2.24) is 19.5 Å². The first-order valence-corrected chi connectivity index (χ1v) is 6.96. The zero-order chi connectivity index (χ0) is 14.7. The van der Waals surface area contributed by atoms with E-state index in [9.17, 15) is 0 Å². The number of halogens is 2. The zero-order valence-electron chi connectivity index (χ0n) is 10.9. The molecule has 106 valence electrons. The molecule has 1 N–H and O–H groups in total. The highest BCUT2D eigenvalue weighted by Gasteiger charge is 2.04. The van der Waals surface area contributed by atoms with Gasteiger partial charge in [0.15, 0.2) is 0 Å². The Labute approximate surface area is 131 Å². The van der Waals surface area contributed by atoms with E-state index in [-0.39, 0.29) is 0 Å². The number of benzene rings is 1. The lowest BCUT2D eigenvalue weighted by Gasteiger charge is -2.09. The first-order valence-electron chi connectivity index (χ1n) is 6.20. The van der Waals surface area contributed by atoms with Crippen LogP contribution in [0.4, 0.5) is 5.82 Å². The second kappa shape index (κ2) is 6.11. The minimum Gasteiger partial charge on any atom is -0.366 e. The van der Waals surface area contributed by atoms with Crippen LogP contribution in [0.3, 0.4) is 0 Å². The lowest BCUT2D eigenvalue weighted by Crippen LogP contribution is -2.04. The molecule has 0 amide bonds. The molecule has 0 aliphatic heterocycles. The summed E-state index contributed by atoms with van der Waals surface area (Å²) in [5.74, 6) is 1.45. The van der Waals surface area contributed by atoms with Gasteiger partial charge < -0.3 is 5.32 Å². The number of anilines is 1. The Hall–Kier alpha value is -2.11. The molecular formula is C14H11Cl2N5. The summed E-state index contributed by atoms with van der Waals surface area (Å²) >= 11 is 12.0. The fourth-order valence-electron chi connectivity index (χ4n) is 1.83. The Morgan fingerprint density at radius 1 is 1.14 bits per heavy atom. The Morgan fingerprint density at radius 3 is 2.81 bits per heavy atom. The Morgan fingerprint density at radius 2 is 2.05 bits per heavy atom. The van der Waals surface area contributed by atoms with E-state index < -0.39 is 0 Å². The highest BCUT2D eigenvalue weighted by molar-refractivity contribution is 6.35. The molecule has 2 aromatic heterocycles. The monoisotopic (exact) mass is 319 g/mol. The van der Waals surface area contributed by atoms with Gasteiger partial charge in [0, 0.05) is 35.1 Å². The molecule has 21 heavy (non-hydrogen) atoms. The van der Waals surface area contributed by atoms with Crippen LogP contribution in [0.15, 0.2) is 49.3 Å². The van der Waals surface area contributed by atoms with Gasteiger partial charge in [0.1, 0.15) is 24.3 Å². The average molecular weight is 320 g/mol. The Bertz CT molecular complexity index is 743. The molecule has 3 rings (SSSR count). The normalized spacial score (nSPS) is 10.6. The first kappa shape index (κ1) is 13.9. The van der Waals surface area contributed by atoms with Crippen molar-refractivity contribution in [3.05, 3.63) is 64.9 Å². The van der Waals surface area contributed by atoms with E-state index in [2.05, 4.69) is 20.3 Å². The van der Waals surface area contributed by atoms with Crippen LogP contribution in [0.5, 0.6) is 0 Å². The summed E-state index contributed by atoms with van der Waals surface area (Å²) in [6, 6.07) is 7.25. The molecule has 0 bridgehead atoms. The number of aromatic nitrogens is 4. The number of nitrogens with zero attached hydrogens (tertiary/aromatic N) is 4. The van der Waals surface area contributed by atoms with Crippen LogP contribution < -0.4 is 5.32 Å². The maximum absolute atomic E-state index is 6.14. The minimum absolute atomic E-state index is 0.552. The van der Waals surface area contributed by atoms with E-state index in [1.165, 1.54) is 6.33 Å². The minimum atomic E-state index is 0.552. The van der Waals surface area contributed by atoms with Gasteiger partial charge in [-0.25, -0.2) is 15.0 Å². The first-order chi connectivity index (χ1) is 10.2. The fraction of sp³-hybridized carbons (Fsp3) is 0.0714. The van der Waals surface area contributed by atoms with Crippen LogP contribution in [-0.2, 0) is 6.54 Å². The molecular weight excluding hydrogens is 309 g/mol. The fourth-order valence-corrected chi connectivity index (χ4v) is 2.31. The van der Waals surface area contributed by atoms with Crippen LogP contribution in [-0.4, -0.2) is 19.5 Å². The third kappa shape index (κ3) is 3.32. The zero-order valence-corrected chi connectivity index (χ0v) is 12.4. The van der Waals surface area contributed by atoms with E-state index in [4.69, 9.17) is 23.2 Å². The number of imidazole rings is 1. The van der Waals surface area contributed by atoms with Crippen LogP contribution in [0.1, 0.15) is 5.56 Å². The van der Waals surface area contributed by atoms with Gasteiger partial charge in [0.2, 0.25) is 0 Å². The highest BCUT2D eigenvalue weighted by atomic mass is 35.5. The van der Waals surface area contributed by atoms with E-state index >= 15 is 0 Å². The van der Waals surface area contributed by atoms with Gasteiger partial charge in [-0.2, -0.15) is 0 Å². The predicted molar refractivity (Wildman–Crippen MR) is 82.9 cm³/mol. The molecule has 0 saturated carbocycles. The lowest BCUT2D eigenvalue weighted by atomic mass is 10.2. The smallest absolute Gasteiger partial charge is 0.143 e. The summed E-state index contributed by atoms with van der Waals surface area (Å²) in [5, 5.41) is 4.45. The molecule has 0 unspecified atom stereocenters. The number of hydrogen-bond donors (Lipinski definition) is 1. The summed E-state index contributed by atoms with van der Waals surface area (Å²) in [4.78, 5) is 12.4. The standard InChI is InChI=1S/C14H11Cl2N5/c15-11-2-1-10(12(16)5-11)7-18-13-6-14(20-8-19-13)21-4-3-17-9-21/h1-6,8-9H,7H2,(H,18,19,20).